The molecule has 0 spiro atoms. The number of rotatable bonds is 8. The number of carboxylic acid groups (broad SMARTS) is 1. The topological polar surface area (TPSA) is 133 Å². The number of carboxylic acids is 1. The molecular formula is C21H29N3O7S. The second-order valence-corrected chi connectivity index (χ2v) is 10.1. The van der Waals surface area contributed by atoms with E-state index in [1.54, 1.807) is 21.0 Å². The van der Waals surface area contributed by atoms with Crippen LogP contribution in [-0.2, 0) is 28.7 Å². The van der Waals surface area contributed by atoms with E-state index in [0.717, 1.165) is 7.11 Å². The Bertz CT molecular complexity index is 887. The zero-order valence-electron chi connectivity index (χ0n) is 18.8. The molecule has 176 valence electrons. The molecule has 2 N–H and O–H groups in total. The molecule has 0 radical (unpaired) electrons. The van der Waals surface area contributed by atoms with Crippen LogP contribution in [0.15, 0.2) is 10.6 Å². The van der Waals surface area contributed by atoms with Crippen LogP contribution >= 0.6 is 11.8 Å². The summed E-state index contributed by atoms with van der Waals surface area (Å²) in [7, 11) is 4.51. The van der Waals surface area contributed by atoms with Gasteiger partial charge in [0.25, 0.3) is 0 Å². The Balaban J connectivity index is 1.75. The highest BCUT2D eigenvalue weighted by Gasteiger charge is 2.60. The first-order chi connectivity index (χ1) is 15.0. The minimum absolute atomic E-state index is 0.00118. The minimum atomic E-state index is -1.17. The smallest absolute Gasteiger partial charge is 0.374 e. The molecular weight excluding hydrogens is 438 g/mol. The molecule has 10 nitrogen and oxygen atoms in total. The number of esters is 1. The van der Waals surface area contributed by atoms with Gasteiger partial charge in [-0.05, 0) is 12.3 Å². The van der Waals surface area contributed by atoms with Crippen molar-refractivity contribution in [1.29, 1.82) is 0 Å². The summed E-state index contributed by atoms with van der Waals surface area (Å²) in [6.07, 6.45) is 0.433. The fourth-order valence-electron chi connectivity index (χ4n) is 4.86. The number of carbonyl (C=O) groups is 5. The lowest BCUT2D eigenvalue weighted by molar-refractivity contribution is -0.161. The third kappa shape index (κ3) is 4.15. The van der Waals surface area contributed by atoms with E-state index in [1.807, 2.05) is 6.92 Å². The number of ketones is 1. The molecule has 3 aliphatic rings. The van der Waals surface area contributed by atoms with Crippen LogP contribution in [0.5, 0.6) is 0 Å². The first kappa shape index (κ1) is 24.2. The van der Waals surface area contributed by atoms with Gasteiger partial charge >= 0.3 is 11.9 Å². The van der Waals surface area contributed by atoms with E-state index in [-0.39, 0.29) is 47.2 Å². The van der Waals surface area contributed by atoms with Gasteiger partial charge in [0, 0.05) is 43.1 Å². The van der Waals surface area contributed by atoms with Gasteiger partial charge in [0.05, 0.1) is 25.1 Å². The van der Waals surface area contributed by atoms with E-state index in [1.165, 1.54) is 21.6 Å². The van der Waals surface area contributed by atoms with Crippen LogP contribution in [0.25, 0.3) is 0 Å². The molecule has 3 aliphatic heterocycles. The molecule has 0 unspecified atom stereocenters. The summed E-state index contributed by atoms with van der Waals surface area (Å²) < 4.78 is 4.45. The van der Waals surface area contributed by atoms with Crippen molar-refractivity contribution in [2.45, 2.75) is 44.0 Å². The van der Waals surface area contributed by atoms with Crippen molar-refractivity contribution < 1.29 is 33.8 Å². The van der Waals surface area contributed by atoms with E-state index >= 15 is 0 Å². The third-order valence-corrected chi connectivity index (χ3v) is 7.96. The SMILES string of the molecule is COC(=O)C(=O)C[C@H](C)[C@H]1C(=O)N2C(C(=O)O)=C(S[C@@H]3CN[C@H](C(=O)N(C)C)C3)[C@H](C)[C@H]12. The fraction of sp³-hybridized carbons (Fsp3) is 0.667. The average molecular weight is 468 g/mol. The fourth-order valence-corrected chi connectivity index (χ4v) is 6.33. The number of ether oxygens (including phenoxy) is 1. The Morgan fingerprint density at radius 3 is 2.53 bits per heavy atom. The second-order valence-electron chi connectivity index (χ2n) is 8.80. The Labute approximate surface area is 190 Å². The number of hydrogen-bond donors (Lipinski definition) is 2. The van der Waals surface area contributed by atoms with Crippen molar-refractivity contribution in [3.8, 4) is 0 Å². The number of thioether (sulfide) groups is 1. The molecule has 0 aromatic heterocycles. The van der Waals surface area contributed by atoms with Gasteiger partial charge in [0.2, 0.25) is 17.6 Å². The summed E-state index contributed by atoms with van der Waals surface area (Å²) in [4.78, 5) is 64.1. The van der Waals surface area contributed by atoms with Crippen LogP contribution in [0.4, 0.5) is 0 Å². The molecule has 0 aromatic rings. The molecule has 2 fully saturated rings. The van der Waals surface area contributed by atoms with Crippen molar-refractivity contribution in [3.05, 3.63) is 10.6 Å². The number of Topliss-reactive ketones (excluding diaryl/α,β-unsaturated/α-hetero) is 1. The van der Waals surface area contributed by atoms with Gasteiger partial charge in [-0.2, -0.15) is 0 Å². The lowest BCUT2D eigenvalue weighted by Crippen LogP contribution is -2.62. The number of nitrogens with zero attached hydrogens (tertiary/aromatic N) is 2. The molecule has 32 heavy (non-hydrogen) atoms. The van der Waals surface area contributed by atoms with E-state index in [9.17, 15) is 29.1 Å². The van der Waals surface area contributed by atoms with Crippen molar-refractivity contribution in [1.82, 2.24) is 15.1 Å². The minimum Gasteiger partial charge on any atom is -0.477 e. The Morgan fingerprint density at radius 2 is 1.97 bits per heavy atom. The standard InChI is InChI=1S/C21H29N3O7S/c1-9(6-13(25)21(30)31-5)14-15-10(2)17(16(20(28)29)24(15)19(14)27)32-11-7-12(22-8-11)18(26)23(3)4/h9-12,14-15,22H,6-8H2,1-5H3,(H,28,29)/t9-,10+,11-,12-,14+,15+/m0/s1. The first-order valence-corrected chi connectivity index (χ1v) is 11.4. The monoisotopic (exact) mass is 467 g/mol. The van der Waals surface area contributed by atoms with Crippen LogP contribution in [0.2, 0.25) is 0 Å². The number of amides is 2. The van der Waals surface area contributed by atoms with Gasteiger partial charge in [-0.3, -0.25) is 14.4 Å². The van der Waals surface area contributed by atoms with Gasteiger partial charge < -0.3 is 25.0 Å². The van der Waals surface area contributed by atoms with Gasteiger partial charge in [0.1, 0.15) is 5.70 Å². The number of nitrogens with one attached hydrogen (secondary N) is 1. The number of fused-ring (bicyclic) bond motifs is 1. The molecule has 11 heteroatoms. The summed E-state index contributed by atoms with van der Waals surface area (Å²) in [6, 6.07) is -0.686. The van der Waals surface area contributed by atoms with Crippen molar-refractivity contribution in [3.63, 3.8) is 0 Å². The summed E-state index contributed by atoms with van der Waals surface area (Å²) in [5.74, 6) is -4.38. The van der Waals surface area contributed by atoms with Crippen LogP contribution in [0, 0.1) is 17.8 Å². The van der Waals surface area contributed by atoms with Crippen molar-refractivity contribution >= 4 is 41.3 Å². The van der Waals surface area contributed by atoms with Crippen molar-refractivity contribution in [2.24, 2.45) is 17.8 Å². The number of carbonyl (C=O) groups excluding carboxylic acids is 4. The highest BCUT2D eigenvalue weighted by Crippen LogP contribution is 2.53. The first-order valence-electron chi connectivity index (χ1n) is 10.5. The molecule has 0 aliphatic carbocycles. The molecule has 0 bridgehead atoms. The second kappa shape index (κ2) is 9.22. The largest absolute Gasteiger partial charge is 0.477 e. The predicted molar refractivity (Wildman–Crippen MR) is 115 cm³/mol. The maximum absolute atomic E-state index is 12.9. The van der Waals surface area contributed by atoms with Gasteiger partial charge in [-0.1, -0.05) is 13.8 Å². The lowest BCUT2D eigenvalue weighted by atomic mass is 9.73. The van der Waals surface area contributed by atoms with Crippen LogP contribution in [0.1, 0.15) is 26.7 Å². The van der Waals surface area contributed by atoms with E-state index in [0.29, 0.717) is 17.9 Å². The average Bonchev–Trinajstić information content (AvgIpc) is 3.28. The third-order valence-electron chi connectivity index (χ3n) is 6.45. The highest BCUT2D eigenvalue weighted by atomic mass is 32.2. The van der Waals surface area contributed by atoms with Crippen LogP contribution in [0.3, 0.4) is 0 Å². The van der Waals surface area contributed by atoms with Gasteiger partial charge in [-0.25, -0.2) is 9.59 Å². The summed E-state index contributed by atoms with van der Waals surface area (Å²) in [6.45, 7) is 4.16. The quantitative estimate of drug-likeness (QED) is 0.289. The molecule has 0 aromatic carbocycles. The molecule has 3 rings (SSSR count). The Kier molecular flexibility index (Phi) is 6.99. The predicted octanol–water partition coefficient (Wildman–Crippen LogP) is 0.0795. The van der Waals surface area contributed by atoms with E-state index in [2.05, 4.69) is 10.1 Å². The molecule has 6 atom stereocenters. The zero-order valence-corrected chi connectivity index (χ0v) is 19.6. The van der Waals surface area contributed by atoms with Crippen molar-refractivity contribution in [2.75, 3.05) is 27.7 Å². The maximum atomic E-state index is 12.9. The molecule has 2 amide bonds. The normalized spacial score (nSPS) is 30.0. The summed E-state index contributed by atoms with van der Waals surface area (Å²) in [5, 5.41) is 13.0. The zero-order chi connectivity index (χ0) is 23.9. The molecule has 3 heterocycles. The Morgan fingerprint density at radius 1 is 1.31 bits per heavy atom. The number of β-lactam (4-membered cyclic amide) rings is 1. The van der Waals surface area contributed by atoms with Crippen LogP contribution in [-0.4, -0.2) is 89.5 Å². The molecule has 2 saturated heterocycles. The summed E-state index contributed by atoms with van der Waals surface area (Å²) >= 11 is 1.41. The number of aliphatic carboxylic acids is 1. The lowest BCUT2D eigenvalue weighted by Gasteiger charge is -2.47. The molecule has 0 saturated carbocycles. The number of hydrogen-bond acceptors (Lipinski definition) is 8. The number of methoxy groups -OCH3 is 1. The van der Waals surface area contributed by atoms with E-state index < -0.39 is 29.6 Å². The maximum Gasteiger partial charge on any atom is 0.374 e. The van der Waals surface area contributed by atoms with E-state index in [4.69, 9.17) is 0 Å². The van der Waals surface area contributed by atoms with Gasteiger partial charge in [0.15, 0.2) is 0 Å². The Hall–Kier alpha value is -2.40. The van der Waals surface area contributed by atoms with Gasteiger partial charge in [-0.15, -0.1) is 11.8 Å². The number of likely N-dealkylation sites (N-methyl/N-ethyl adjacent to an activating group) is 1. The summed E-state index contributed by atoms with van der Waals surface area (Å²) in [5.41, 5.74) is -0.0115. The highest BCUT2D eigenvalue weighted by molar-refractivity contribution is 8.03. The van der Waals surface area contributed by atoms with Crippen LogP contribution < -0.4 is 5.32 Å².